The molecule has 0 saturated heterocycles. The number of nitrogens with one attached hydrogen (secondary N) is 3. The number of carbonyl (C=O) groups excluding carboxylic acids is 2. The average molecular weight is 454 g/mol. The molecular weight excluding hydrogens is 418 g/mol. The minimum atomic E-state index is -0.772. The topological polar surface area (TPSA) is 116 Å². The molecule has 1 aliphatic carbocycles. The molecule has 2 heterocycles. The van der Waals surface area contributed by atoms with Gasteiger partial charge in [0, 0.05) is 30.6 Å². The quantitative estimate of drug-likeness (QED) is 0.509. The van der Waals surface area contributed by atoms with Crippen molar-refractivity contribution in [2.45, 2.75) is 71.5 Å². The number of carbonyl (C=O) groups is 2. The van der Waals surface area contributed by atoms with E-state index in [-0.39, 0.29) is 23.7 Å². The maximum absolute atomic E-state index is 13.6. The summed E-state index contributed by atoms with van der Waals surface area (Å²) in [4.78, 5) is 29.1. The Bertz CT molecular complexity index is 942. The Morgan fingerprint density at radius 3 is 2.73 bits per heavy atom. The first kappa shape index (κ1) is 23.4. The molecule has 2 amide bonds. The van der Waals surface area contributed by atoms with E-state index in [1.165, 1.54) is 0 Å². The van der Waals surface area contributed by atoms with Crippen LogP contribution in [0.15, 0.2) is 24.3 Å². The Labute approximate surface area is 195 Å². The van der Waals surface area contributed by atoms with Crippen molar-refractivity contribution in [3.63, 3.8) is 0 Å². The first-order chi connectivity index (χ1) is 16.0. The number of amides is 2. The molecule has 178 valence electrons. The smallest absolute Gasteiger partial charge is 0.264 e. The number of anilines is 1. The summed E-state index contributed by atoms with van der Waals surface area (Å²) in [5, 5.41) is 20.9. The molecule has 3 atom stereocenters. The van der Waals surface area contributed by atoms with E-state index >= 15 is 0 Å². The van der Waals surface area contributed by atoms with Crippen LogP contribution in [0, 0.1) is 17.8 Å². The van der Waals surface area contributed by atoms with Crippen LogP contribution < -0.4 is 15.5 Å². The fourth-order valence-corrected chi connectivity index (χ4v) is 4.72. The van der Waals surface area contributed by atoms with Crippen LogP contribution in [0.3, 0.4) is 0 Å². The third kappa shape index (κ3) is 5.58. The predicted octanol–water partition coefficient (Wildman–Crippen LogP) is 2.73. The van der Waals surface area contributed by atoms with Gasteiger partial charge in [-0.15, -0.1) is 10.2 Å². The predicted molar refractivity (Wildman–Crippen MR) is 125 cm³/mol. The highest BCUT2D eigenvalue weighted by atomic mass is 16.2. The largest absolute Gasteiger partial charge is 0.332 e. The summed E-state index contributed by atoms with van der Waals surface area (Å²) < 4.78 is 0. The molecule has 33 heavy (non-hydrogen) atoms. The van der Waals surface area contributed by atoms with Gasteiger partial charge in [-0.1, -0.05) is 50.6 Å². The van der Waals surface area contributed by atoms with E-state index in [1.807, 2.05) is 29.2 Å². The van der Waals surface area contributed by atoms with E-state index in [2.05, 4.69) is 52.0 Å². The van der Waals surface area contributed by atoms with Gasteiger partial charge in [-0.05, 0) is 49.1 Å². The Kier molecular flexibility index (Phi) is 7.37. The van der Waals surface area contributed by atoms with Gasteiger partial charge >= 0.3 is 0 Å². The van der Waals surface area contributed by atoms with E-state index in [4.69, 9.17) is 0 Å². The van der Waals surface area contributed by atoms with Crippen LogP contribution in [0.2, 0.25) is 0 Å². The molecule has 3 N–H and O–H groups in total. The van der Waals surface area contributed by atoms with Gasteiger partial charge in [-0.25, -0.2) is 0 Å². The number of hydrogen-bond donors (Lipinski definition) is 3. The Hall–Kier alpha value is -2.81. The zero-order valence-electron chi connectivity index (χ0n) is 19.8. The van der Waals surface area contributed by atoms with Gasteiger partial charge in [-0.3, -0.25) is 14.9 Å². The Morgan fingerprint density at radius 2 is 2.06 bits per heavy atom. The molecule has 9 nitrogen and oxygen atoms in total. The minimum absolute atomic E-state index is 0.102. The summed E-state index contributed by atoms with van der Waals surface area (Å²) in [6.07, 6.45) is 3.87. The number of H-pyrrole nitrogens is 1. The number of aromatic nitrogens is 4. The molecule has 1 saturated carbocycles. The lowest BCUT2D eigenvalue weighted by Crippen LogP contribution is -2.56. The number of aromatic amines is 1. The second kappa shape index (κ2) is 10.4. The van der Waals surface area contributed by atoms with Crippen molar-refractivity contribution in [3.8, 4) is 0 Å². The number of nitrogens with zero attached hydrogens (tertiary/aromatic N) is 4. The zero-order chi connectivity index (χ0) is 23.4. The van der Waals surface area contributed by atoms with Crippen molar-refractivity contribution in [2.24, 2.45) is 17.8 Å². The second-order valence-corrected chi connectivity index (χ2v) is 9.74. The molecule has 9 heteroatoms. The van der Waals surface area contributed by atoms with Crippen molar-refractivity contribution in [1.29, 1.82) is 0 Å². The molecule has 2 aliphatic rings. The lowest BCUT2D eigenvalue weighted by Gasteiger charge is -2.29. The summed E-state index contributed by atoms with van der Waals surface area (Å²) in [7, 11) is 0. The van der Waals surface area contributed by atoms with E-state index in [1.54, 1.807) is 0 Å². The normalized spacial score (nSPS) is 20.3. The molecule has 3 unspecified atom stereocenters. The van der Waals surface area contributed by atoms with Crippen molar-refractivity contribution in [3.05, 3.63) is 35.7 Å². The molecule has 1 fully saturated rings. The summed E-state index contributed by atoms with van der Waals surface area (Å²) in [6, 6.07) is 7.98. The minimum Gasteiger partial charge on any atom is -0.332 e. The SMILES string of the molecule is CCCC(c1nn[nH]n1)C(CC(C)C)C(=O)NC1NCc2ccccc2N(CC2CC2)C1=O. The molecule has 1 aliphatic heterocycles. The lowest BCUT2D eigenvalue weighted by molar-refractivity contribution is -0.131. The van der Waals surface area contributed by atoms with Gasteiger partial charge in [0.2, 0.25) is 5.91 Å². The first-order valence-corrected chi connectivity index (χ1v) is 12.1. The third-order valence-corrected chi connectivity index (χ3v) is 6.56. The number of tetrazole rings is 1. The number of hydrogen-bond acceptors (Lipinski definition) is 6. The van der Waals surface area contributed by atoms with Gasteiger partial charge in [0.1, 0.15) is 0 Å². The van der Waals surface area contributed by atoms with Crippen molar-refractivity contribution >= 4 is 17.5 Å². The molecule has 1 aromatic heterocycles. The molecular formula is C24H35N7O2. The Morgan fingerprint density at radius 1 is 1.27 bits per heavy atom. The highest BCUT2D eigenvalue weighted by molar-refractivity contribution is 6.00. The van der Waals surface area contributed by atoms with Crippen molar-refractivity contribution in [2.75, 3.05) is 11.4 Å². The summed E-state index contributed by atoms with van der Waals surface area (Å²) in [5.41, 5.74) is 2.01. The maximum atomic E-state index is 13.6. The Balaban J connectivity index is 1.56. The number of rotatable bonds is 10. The van der Waals surface area contributed by atoms with Gasteiger partial charge in [0.15, 0.2) is 12.0 Å². The van der Waals surface area contributed by atoms with E-state index in [0.717, 1.165) is 36.9 Å². The fraction of sp³-hybridized carbons (Fsp3) is 0.625. The fourth-order valence-electron chi connectivity index (χ4n) is 4.72. The number of para-hydroxylation sites is 1. The average Bonchev–Trinajstić information content (AvgIpc) is 3.49. The van der Waals surface area contributed by atoms with Crippen LogP contribution in [0.4, 0.5) is 5.69 Å². The maximum Gasteiger partial charge on any atom is 0.264 e. The summed E-state index contributed by atoms with van der Waals surface area (Å²) in [6.45, 7) is 7.50. The van der Waals surface area contributed by atoms with Crippen LogP contribution in [0.5, 0.6) is 0 Å². The third-order valence-electron chi connectivity index (χ3n) is 6.56. The molecule has 2 aromatic rings. The summed E-state index contributed by atoms with van der Waals surface area (Å²) in [5.74, 6) is 0.653. The molecule has 0 radical (unpaired) electrons. The van der Waals surface area contributed by atoms with Crippen molar-refractivity contribution in [1.82, 2.24) is 31.3 Å². The highest BCUT2D eigenvalue weighted by Crippen LogP contribution is 2.34. The van der Waals surface area contributed by atoms with Gasteiger partial charge in [0.05, 0.1) is 0 Å². The number of benzene rings is 1. The lowest BCUT2D eigenvalue weighted by atomic mass is 9.81. The molecule has 1 aromatic carbocycles. The first-order valence-electron chi connectivity index (χ1n) is 12.1. The highest BCUT2D eigenvalue weighted by Gasteiger charge is 2.38. The molecule has 0 spiro atoms. The summed E-state index contributed by atoms with van der Waals surface area (Å²) >= 11 is 0. The van der Waals surface area contributed by atoms with Crippen LogP contribution in [-0.4, -0.2) is 45.1 Å². The van der Waals surface area contributed by atoms with Crippen LogP contribution >= 0.6 is 0 Å². The van der Waals surface area contributed by atoms with Crippen LogP contribution in [0.25, 0.3) is 0 Å². The zero-order valence-corrected chi connectivity index (χ0v) is 19.8. The van der Waals surface area contributed by atoms with Crippen LogP contribution in [0.1, 0.15) is 70.2 Å². The standard InChI is InChI=1S/C24H35N7O2/c1-4-7-18(21-27-29-30-28-21)19(12-15(2)3)23(32)26-22-24(33)31(14-16-10-11-16)20-9-6-5-8-17(20)13-25-22/h5-6,8-9,15-16,18-19,22,25H,4,7,10-14H2,1-3H3,(H,26,32)(H,27,28,29,30). The molecule has 4 rings (SSSR count). The van der Waals surface area contributed by atoms with E-state index in [0.29, 0.717) is 37.2 Å². The van der Waals surface area contributed by atoms with Gasteiger partial charge in [0.25, 0.3) is 5.91 Å². The van der Waals surface area contributed by atoms with Gasteiger partial charge < -0.3 is 10.2 Å². The van der Waals surface area contributed by atoms with Crippen LogP contribution in [-0.2, 0) is 16.1 Å². The van der Waals surface area contributed by atoms with E-state index in [9.17, 15) is 9.59 Å². The monoisotopic (exact) mass is 453 g/mol. The molecule has 0 bridgehead atoms. The number of fused-ring (bicyclic) bond motifs is 1. The van der Waals surface area contributed by atoms with Gasteiger partial charge in [-0.2, -0.15) is 5.21 Å². The second-order valence-electron chi connectivity index (χ2n) is 9.74. The van der Waals surface area contributed by atoms with Crippen molar-refractivity contribution < 1.29 is 9.59 Å². The van der Waals surface area contributed by atoms with E-state index < -0.39 is 6.17 Å².